The van der Waals surface area contributed by atoms with Gasteiger partial charge in [0.15, 0.2) is 0 Å². The average molecular weight is 255 g/mol. The lowest BCUT2D eigenvalue weighted by molar-refractivity contribution is -0.134. The molecule has 0 aromatic rings. The van der Waals surface area contributed by atoms with Crippen molar-refractivity contribution in [2.45, 2.75) is 39.7 Å². The number of carbonyl (C=O) groups is 2. The van der Waals surface area contributed by atoms with Crippen LogP contribution in [0.1, 0.15) is 33.6 Å². The minimum absolute atomic E-state index is 0.00814. The van der Waals surface area contributed by atoms with Crippen LogP contribution in [-0.2, 0) is 9.59 Å². The molecule has 0 aromatic heterocycles. The van der Waals surface area contributed by atoms with Gasteiger partial charge in [0.2, 0.25) is 11.8 Å². The number of carbonyl (C=O) groups excluding carboxylic acids is 2. The summed E-state index contributed by atoms with van der Waals surface area (Å²) in [6.07, 6.45) is 2.09. The van der Waals surface area contributed by atoms with Crippen LogP contribution < -0.4 is 11.1 Å². The van der Waals surface area contributed by atoms with Gasteiger partial charge >= 0.3 is 0 Å². The second-order valence-electron chi connectivity index (χ2n) is 5.55. The molecule has 1 atom stereocenters. The van der Waals surface area contributed by atoms with Crippen LogP contribution in [0.15, 0.2) is 0 Å². The molecule has 3 N–H and O–H groups in total. The van der Waals surface area contributed by atoms with E-state index in [2.05, 4.69) is 12.2 Å². The van der Waals surface area contributed by atoms with E-state index in [1.165, 1.54) is 0 Å². The second kappa shape index (κ2) is 6.73. The standard InChI is InChI=1S/C13H25N3O2/c1-9(2)12(14)13(18)15-8-11(17)16-6-4-10(3)5-7-16/h9-10,12H,4-8,14H2,1-3H3,(H,15,18)/t12-/m0/s1. The molecule has 0 spiro atoms. The summed E-state index contributed by atoms with van der Waals surface area (Å²) in [4.78, 5) is 25.3. The van der Waals surface area contributed by atoms with Gasteiger partial charge in [-0.05, 0) is 24.7 Å². The van der Waals surface area contributed by atoms with Crippen molar-refractivity contribution >= 4 is 11.8 Å². The Labute approximate surface area is 109 Å². The Morgan fingerprint density at radius 3 is 2.39 bits per heavy atom. The van der Waals surface area contributed by atoms with Crippen molar-refractivity contribution in [3.63, 3.8) is 0 Å². The van der Waals surface area contributed by atoms with Gasteiger partial charge in [0.1, 0.15) is 0 Å². The van der Waals surface area contributed by atoms with E-state index in [-0.39, 0.29) is 24.3 Å². The van der Waals surface area contributed by atoms with Crippen molar-refractivity contribution in [1.29, 1.82) is 0 Å². The highest BCUT2D eigenvalue weighted by Crippen LogP contribution is 2.15. The van der Waals surface area contributed by atoms with Crippen molar-refractivity contribution in [2.24, 2.45) is 17.6 Å². The smallest absolute Gasteiger partial charge is 0.241 e. The fraction of sp³-hybridized carbons (Fsp3) is 0.846. The zero-order chi connectivity index (χ0) is 13.7. The Morgan fingerprint density at radius 2 is 1.89 bits per heavy atom. The molecule has 1 rings (SSSR count). The molecule has 1 heterocycles. The molecule has 1 aliphatic heterocycles. The lowest BCUT2D eigenvalue weighted by Crippen LogP contribution is -2.49. The summed E-state index contributed by atoms with van der Waals surface area (Å²) < 4.78 is 0. The van der Waals surface area contributed by atoms with Crippen LogP contribution in [0, 0.1) is 11.8 Å². The Hall–Kier alpha value is -1.10. The number of hydrogen-bond donors (Lipinski definition) is 2. The molecule has 0 unspecified atom stereocenters. The van der Waals surface area contributed by atoms with E-state index < -0.39 is 6.04 Å². The summed E-state index contributed by atoms with van der Waals surface area (Å²) in [5.41, 5.74) is 5.71. The van der Waals surface area contributed by atoms with E-state index in [0.717, 1.165) is 25.9 Å². The van der Waals surface area contributed by atoms with Gasteiger partial charge in [-0.2, -0.15) is 0 Å². The molecule has 0 aliphatic carbocycles. The van der Waals surface area contributed by atoms with Gasteiger partial charge in [-0.15, -0.1) is 0 Å². The first-order chi connectivity index (χ1) is 8.41. The highest BCUT2D eigenvalue weighted by Gasteiger charge is 2.22. The third-order valence-electron chi connectivity index (χ3n) is 3.57. The fourth-order valence-electron chi connectivity index (χ4n) is 1.95. The number of rotatable bonds is 4. The van der Waals surface area contributed by atoms with E-state index >= 15 is 0 Å². The largest absolute Gasteiger partial charge is 0.346 e. The molecule has 5 heteroatoms. The van der Waals surface area contributed by atoms with E-state index in [9.17, 15) is 9.59 Å². The molecule has 2 amide bonds. The Kier molecular flexibility index (Phi) is 5.59. The SMILES string of the molecule is CC1CCN(C(=O)CNC(=O)[C@@H](N)C(C)C)CC1. The predicted octanol–water partition coefficient (Wildman–Crippen LogP) is 0.344. The monoisotopic (exact) mass is 255 g/mol. The third-order valence-corrected chi connectivity index (χ3v) is 3.57. The van der Waals surface area contributed by atoms with Crippen LogP contribution in [0.4, 0.5) is 0 Å². The van der Waals surface area contributed by atoms with Crippen LogP contribution in [0.25, 0.3) is 0 Å². The van der Waals surface area contributed by atoms with Crippen LogP contribution in [-0.4, -0.2) is 42.4 Å². The number of hydrogen-bond acceptors (Lipinski definition) is 3. The topological polar surface area (TPSA) is 75.4 Å². The molecular weight excluding hydrogens is 230 g/mol. The molecule has 0 aromatic carbocycles. The van der Waals surface area contributed by atoms with Gasteiger partial charge in [-0.25, -0.2) is 0 Å². The zero-order valence-corrected chi connectivity index (χ0v) is 11.6. The van der Waals surface area contributed by atoms with Gasteiger partial charge in [0.25, 0.3) is 0 Å². The molecule has 1 aliphatic rings. The second-order valence-corrected chi connectivity index (χ2v) is 5.55. The Bertz CT molecular complexity index is 297. The number of amides is 2. The summed E-state index contributed by atoms with van der Waals surface area (Å²) in [5.74, 6) is 0.517. The van der Waals surface area contributed by atoms with Crippen molar-refractivity contribution in [1.82, 2.24) is 10.2 Å². The zero-order valence-electron chi connectivity index (χ0n) is 11.6. The first-order valence-electron chi connectivity index (χ1n) is 6.73. The van der Waals surface area contributed by atoms with Gasteiger partial charge in [-0.3, -0.25) is 9.59 Å². The Balaban J connectivity index is 2.31. The van der Waals surface area contributed by atoms with Gasteiger partial charge in [-0.1, -0.05) is 20.8 Å². The van der Waals surface area contributed by atoms with Gasteiger partial charge < -0.3 is 16.0 Å². The summed E-state index contributed by atoms with van der Waals surface area (Å²) in [5, 5.41) is 2.62. The fourth-order valence-corrected chi connectivity index (χ4v) is 1.95. The summed E-state index contributed by atoms with van der Waals surface area (Å²) >= 11 is 0. The maximum absolute atomic E-state index is 11.9. The minimum atomic E-state index is -0.542. The van der Waals surface area contributed by atoms with Crippen molar-refractivity contribution in [3.05, 3.63) is 0 Å². The van der Waals surface area contributed by atoms with Crippen LogP contribution >= 0.6 is 0 Å². The maximum Gasteiger partial charge on any atom is 0.241 e. The first-order valence-corrected chi connectivity index (χ1v) is 6.73. The van der Waals surface area contributed by atoms with Crippen molar-refractivity contribution in [3.8, 4) is 0 Å². The van der Waals surface area contributed by atoms with Crippen LogP contribution in [0.3, 0.4) is 0 Å². The van der Waals surface area contributed by atoms with E-state index in [1.807, 2.05) is 18.7 Å². The third kappa shape index (κ3) is 4.29. The van der Waals surface area contributed by atoms with Crippen molar-refractivity contribution in [2.75, 3.05) is 19.6 Å². The van der Waals surface area contributed by atoms with Gasteiger partial charge in [0, 0.05) is 13.1 Å². The number of nitrogens with zero attached hydrogens (tertiary/aromatic N) is 1. The molecule has 1 fully saturated rings. The summed E-state index contributed by atoms with van der Waals surface area (Å²) in [6.45, 7) is 7.63. The molecule has 104 valence electrons. The number of likely N-dealkylation sites (tertiary alicyclic amines) is 1. The number of nitrogens with two attached hydrogens (primary N) is 1. The number of nitrogens with one attached hydrogen (secondary N) is 1. The maximum atomic E-state index is 11.9. The Morgan fingerprint density at radius 1 is 1.33 bits per heavy atom. The highest BCUT2D eigenvalue weighted by atomic mass is 16.2. The molecular formula is C13H25N3O2. The minimum Gasteiger partial charge on any atom is -0.346 e. The van der Waals surface area contributed by atoms with E-state index in [0.29, 0.717) is 5.92 Å². The highest BCUT2D eigenvalue weighted by molar-refractivity contribution is 5.87. The first kappa shape index (κ1) is 15.0. The summed E-state index contributed by atoms with van der Waals surface area (Å²) in [6, 6.07) is -0.542. The van der Waals surface area contributed by atoms with E-state index in [1.54, 1.807) is 0 Å². The van der Waals surface area contributed by atoms with Crippen molar-refractivity contribution < 1.29 is 9.59 Å². The molecule has 1 saturated heterocycles. The average Bonchev–Trinajstić information content (AvgIpc) is 2.35. The summed E-state index contributed by atoms with van der Waals surface area (Å²) in [7, 11) is 0. The van der Waals surface area contributed by atoms with Crippen LogP contribution in [0.2, 0.25) is 0 Å². The molecule has 0 radical (unpaired) electrons. The molecule has 5 nitrogen and oxygen atoms in total. The van der Waals surface area contributed by atoms with E-state index in [4.69, 9.17) is 5.73 Å². The lowest BCUT2D eigenvalue weighted by atomic mass is 9.99. The van der Waals surface area contributed by atoms with Gasteiger partial charge in [0.05, 0.1) is 12.6 Å². The molecule has 0 bridgehead atoms. The normalized spacial score (nSPS) is 18.8. The molecule has 0 saturated carbocycles. The quantitative estimate of drug-likeness (QED) is 0.761. The predicted molar refractivity (Wildman–Crippen MR) is 70.8 cm³/mol. The lowest BCUT2D eigenvalue weighted by Gasteiger charge is -2.30. The van der Waals surface area contributed by atoms with Crippen LogP contribution in [0.5, 0.6) is 0 Å². The number of piperidine rings is 1. The molecule has 18 heavy (non-hydrogen) atoms.